The number of benzene rings is 2. The van der Waals surface area contributed by atoms with Gasteiger partial charge in [-0.2, -0.15) is 0 Å². The number of nitrogens with zero attached hydrogens (tertiary/aromatic N) is 3. The maximum atomic E-state index is 12.7. The molecule has 2 aliphatic carbocycles. The zero-order valence-electron chi connectivity index (χ0n) is 17.5. The van der Waals surface area contributed by atoms with Crippen molar-refractivity contribution in [1.29, 1.82) is 0 Å². The van der Waals surface area contributed by atoms with Gasteiger partial charge in [0.1, 0.15) is 0 Å². The lowest BCUT2D eigenvalue weighted by Crippen LogP contribution is -2.39. The van der Waals surface area contributed by atoms with Gasteiger partial charge in [0.15, 0.2) is 11.0 Å². The Hall–Kier alpha value is -2.02. The molecule has 3 aromatic rings. The first-order chi connectivity index (χ1) is 15.6. The molecule has 0 spiro atoms. The summed E-state index contributed by atoms with van der Waals surface area (Å²) in [5.41, 5.74) is 1.88. The topological polar surface area (TPSA) is 59.8 Å². The Bertz CT molecular complexity index is 1100. The van der Waals surface area contributed by atoms with Gasteiger partial charge in [0.25, 0.3) is 0 Å². The minimum atomic E-state index is 0.0686. The highest BCUT2D eigenvalue weighted by Gasteiger charge is 2.42. The summed E-state index contributed by atoms with van der Waals surface area (Å²) in [4.78, 5) is 12.7. The molecule has 2 saturated carbocycles. The average molecular weight is 487 g/mol. The second-order valence-electron chi connectivity index (χ2n) is 8.56. The fraction of sp³-hybridized carbons (Fsp3) is 0.375. The van der Waals surface area contributed by atoms with Crippen molar-refractivity contribution in [3.05, 3.63) is 64.1 Å². The number of carbonyl (C=O) groups excluding carboxylic acids is 1. The van der Waals surface area contributed by atoms with Crippen LogP contribution in [-0.4, -0.2) is 32.5 Å². The monoisotopic (exact) mass is 486 g/mol. The summed E-state index contributed by atoms with van der Waals surface area (Å²) < 4.78 is 2.02. The first-order valence-corrected chi connectivity index (χ1v) is 12.7. The predicted octanol–water partition coefficient (Wildman–Crippen LogP) is 5.70. The summed E-state index contributed by atoms with van der Waals surface area (Å²) in [6, 6.07) is 15.8. The van der Waals surface area contributed by atoms with Crippen LogP contribution in [-0.2, 0) is 11.3 Å². The number of hydrogen-bond acceptors (Lipinski definition) is 4. The molecule has 0 radical (unpaired) electrons. The van der Waals surface area contributed by atoms with Gasteiger partial charge >= 0.3 is 0 Å². The van der Waals surface area contributed by atoms with Crippen LogP contribution in [0.3, 0.4) is 0 Å². The molecule has 0 atom stereocenters. The lowest BCUT2D eigenvalue weighted by Gasteiger charge is -2.17. The third kappa shape index (κ3) is 5.13. The maximum absolute atomic E-state index is 12.7. The fourth-order valence-corrected chi connectivity index (χ4v) is 5.30. The molecule has 1 N–H and O–H groups in total. The maximum Gasteiger partial charge on any atom is 0.230 e. The quantitative estimate of drug-likeness (QED) is 0.394. The Kier molecular flexibility index (Phi) is 6.44. The second kappa shape index (κ2) is 9.46. The molecule has 2 aliphatic rings. The zero-order chi connectivity index (χ0) is 22.1. The van der Waals surface area contributed by atoms with Crippen LogP contribution in [0.2, 0.25) is 10.0 Å². The molecular formula is C24H24Cl2N4OS. The molecule has 8 heteroatoms. The molecule has 0 bridgehead atoms. The number of nitrogens with one attached hydrogen (secondary N) is 1. The van der Waals surface area contributed by atoms with Gasteiger partial charge in [-0.1, -0.05) is 65.3 Å². The van der Waals surface area contributed by atoms with Crippen LogP contribution in [0.5, 0.6) is 0 Å². The van der Waals surface area contributed by atoms with Crippen molar-refractivity contribution in [2.24, 2.45) is 11.8 Å². The molecule has 1 aromatic heterocycles. The highest BCUT2D eigenvalue weighted by atomic mass is 35.5. The molecule has 1 heterocycles. The number of hydrogen-bond donors (Lipinski definition) is 1. The van der Waals surface area contributed by atoms with E-state index in [1.165, 1.54) is 37.4 Å². The first-order valence-electron chi connectivity index (χ1n) is 10.9. The molecule has 5 rings (SSSR count). The van der Waals surface area contributed by atoms with Crippen molar-refractivity contribution >= 4 is 40.9 Å². The fourth-order valence-electron chi connectivity index (χ4n) is 4.06. The number of amides is 1. The Labute approximate surface area is 201 Å². The normalized spacial score (nSPS) is 15.8. The average Bonchev–Trinajstić information content (AvgIpc) is 3.71. The number of halogens is 2. The molecule has 166 valence electrons. The molecular weight excluding hydrogens is 463 g/mol. The van der Waals surface area contributed by atoms with Crippen molar-refractivity contribution in [3.63, 3.8) is 0 Å². The van der Waals surface area contributed by atoms with Crippen LogP contribution in [0.25, 0.3) is 11.4 Å². The van der Waals surface area contributed by atoms with E-state index in [1.807, 2.05) is 28.8 Å². The van der Waals surface area contributed by atoms with E-state index in [1.54, 1.807) is 12.1 Å². The van der Waals surface area contributed by atoms with Crippen LogP contribution < -0.4 is 5.32 Å². The van der Waals surface area contributed by atoms with E-state index >= 15 is 0 Å². The van der Waals surface area contributed by atoms with Crippen molar-refractivity contribution in [2.75, 3.05) is 5.75 Å². The van der Waals surface area contributed by atoms with Crippen molar-refractivity contribution < 1.29 is 4.79 Å². The summed E-state index contributed by atoms with van der Waals surface area (Å²) in [6.07, 6.45) is 4.97. The Morgan fingerprint density at radius 1 is 1.06 bits per heavy atom. The van der Waals surface area contributed by atoms with Gasteiger partial charge in [-0.15, -0.1) is 10.2 Å². The van der Waals surface area contributed by atoms with Crippen LogP contribution >= 0.6 is 35.0 Å². The van der Waals surface area contributed by atoms with E-state index in [0.29, 0.717) is 51.2 Å². The lowest BCUT2D eigenvalue weighted by atomic mass is 10.1. The molecule has 2 fully saturated rings. The van der Waals surface area contributed by atoms with Crippen LogP contribution in [0.15, 0.2) is 53.7 Å². The van der Waals surface area contributed by atoms with E-state index in [2.05, 4.69) is 27.6 Å². The van der Waals surface area contributed by atoms with Gasteiger partial charge in [0.05, 0.1) is 17.3 Å². The summed E-state index contributed by atoms with van der Waals surface area (Å²) in [6.45, 7) is 0.582. The van der Waals surface area contributed by atoms with Gasteiger partial charge in [0.2, 0.25) is 5.91 Å². The Balaban J connectivity index is 1.36. The minimum absolute atomic E-state index is 0.0686. The van der Waals surface area contributed by atoms with Crippen molar-refractivity contribution in [1.82, 2.24) is 20.1 Å². The van der Waals surface area contributed by atoms with E-state index in [4.69, 9.17) is 23.2 Å². The Morgan fingerprint density at radius 3 is 2.44 bits per heavy atom. The van der Waals surface area contributed by atoms with Crippen LogP contribution in [0.1, 0.15) is 31.2 Å². The van der Waals surface area contributed by atoms with E-state index in [0.717, 1.165) is 11.1 Å². The van der Waals surface area contributed by atoms with Gasteiger partial charge in [-0.25, -0.2) is 0 Å². The number of thioether (sulfide) groups is 1. The third-order valence-electron chi connectivity index (χ3n) is 5.99. The molecule has 1 amide bonds. The van der Waals surface area contributed by atoms with Gasteiger partial charge < -0.3 is 5.32 Å². The first kappa shape index (κ1) is 21.8. The summed E-state index contributed by atoms with van der Waals surface area (Å²) in [7, 11) is 0. The smallest absolute Gasteiger partial charge is 0.230 e. The predicted molar refractivity (Wildman–Crippen MR) is 129 cm³/mol. The Morgan fingerprint density at radius 2 is 1.78 bits per heavy atom. The number of carbonyl (C=O) groups is 1. The van der Waals surface area contributed by atoms with Crippen molar-refractivity contribution in [2.45, 2.75) is 43.4 Å². The molecule has 5 nitrogen and oxygen atoms in total. The van der Waals surface area contributed by atoms with E-state index in [9.17, 15) is 4.79 Å². The van der Waals surface area contributed by atoms with Gasteiger partial charge in [0, 0.05) is 16.6 Å². The molecule has 2 aromatic carbocycles. The third-order valence-corrected chi connectivity index (χ3v) is 7.51. The molecule has 32 heavy (non-hydrogen) atoms. The summed E-state index contributed by atoms with van der Waals surface area (Å²) >= 11 is 14.0. The highest BCUT2D eigenvalue weighted by Crippen LogP contribution is 2.44. The zero-order valence-corrected chi connectivity index (χ0v) is 19.8. The molecule has 0 aliphatic heterocycles. The standard InChI is InChI=1S/C24H24Cl2N4OS/c25-18-10-11-19(20(26)12-18)23-28-29-24(30(23)13-15-4-2-1-3-5-15)32-14-21(31)27-22(16-6-7-16)17-8-9-17/h1-5,10-12,16-17,22H,6-9,13-14H2,(H,27,31). The SMILES string of the molecule is O=C(CSc1nnc(-c2ccc(Cl)cc2Cl)n1Cc1ccccc1)NC(C1CC1)C1CC1. The minimum Gasteiger partial charge on any atom is -0.352 e. The lowest BCUT2D eigenvalue weighted by molar-refractivity contribution is -0.119. The van der Waals surface area contributed by atoms with Crippen LogP contribution in [0.4, 0.5) is 0 Å². The molecule has 0 unspecified atom stereocenters. The number of rotatable bonds is 9. The summed E-state index contributed by atoms with van der Waals surface area (Å²) in [5.74, 6) is 2.40. The van der Waals surface area contributed by atoms with Crippen molar-refractivity contribution in [3.8, 4) is 11.4 Å². The van der Waals surface area contributed by atoms with E-state index in [-0.39, 0.29) is 5.91 Å². The second-order valence-corrected chi connectivity index (χ2v) is 10.3. The highest BCUT2D eigenvalue weighted by molar-refractivity contribution is 7.99. The van der Waals surface area contributed by atoms with E-state index < -0.39 is 0 Å². The van der Waals surface area contributed by atoms with Gasteiger partial charge in [-0.3, -0.25) is 9.36 Å². The largest absolute Gasteiger partial charge is 0.352 e. The summed E-state index contributed by atoms with van der Waals surface area (Å²) in [5, 5.41) is 13.9. The number of aromatic nitrogens is 3. The van der Waals surface area contributed by atoms with Gasteiger partial charge in [-0.05, 0) is 61.3 Å². The molecule has 0 saturated heterocycles. The van der Waals surface area contributed by atoms with Crippen LogP contribution in [0, 0.1) is 11.8 Å².